The molecular formula is C18H23NO2. The van der Waals surface area contributed by atoms with Gasteiger partial charge in [0.2, 0.25) is 5.91 Å². The number of hydrogen-bond acceptors (Lipinski definition) is 2. The van der Waals surface area contributed by atoms with Gasteiger partial charge in [-0.05, 0) is 28.3 Å². The van der Waals surface area contributed by atoms with E-state index < -0.39 is 0 Å². The highest BCUT2D eigenvalue weighted by Crippen LogP contribution is 2.20. The molecule has 0 spiro atoms. The molecule has 0 unspecified atom stereocenters. The molecule has 0 fully saturated rings. The highest BCUT2D eigenvalue weighted by molar-refractivity contribution is 5.83. The Morgan fingerprint density at radius 1 is 1.10 bits per heavy atom. The van der Waals surface area contributed by atoms with E-state index in [-0.39, 0.29) is 11.3 Å². The first-order valence-corrected chi connectivity index (χ1v) is 7.32. The minimum atomic E-state index is 0.0171. The molecule has 3 heteroatoms. The fraction of sp³-hybridized carbons (Fsp3) is 0.389. The maximum Gasteiger partial charge on any atom is 0.220 e. The average Bonchev–Trinajstić information content (AvgIpc) is 2.41. The van der Waals surface area contributed by atoms with E-state index in [1.54, 1.807) is 0 Å². The summed E-state index contributed by atoms with van der Waals surface area (Å²) in [5.41, 5.74) is 0.0171. The number of carbonyl (C=O) groups is 1. The summed E-state index contributed by atoms with van der Waals surface area (Å²) in [4.78, 5) is 11.7. The Hall–Kier alpha value is -2.03. The molecule has 0 heterocycles. The third kappa shape index (κ3) is 5.10. The van der Waals surface area contributed by atoms with Crippen molar-refractivity contribution in [2.45, 2.75) is 27.2 Å². The van der Waals surface area contributed by atoms with Crippen LogP contribution < -0.4 is 10.1 Å². The molecule has 0 saturated carbocycles. The van der Waals surface area contributed by atoms with Crippen molar-refractivity contribution in [3.05, 3.63) is 42.5 Å². The molecule has 1 amide bonds. The van der Waals surface area contributed by atoms with Crippen LogP contribution in [0.4, 0.5) is 0 Å². The molecule has 2 aromatic rings. The number of rotatable bonds is 5. The zero-order chi connectivity index (χ0) is 15.3. The van der Waals surface area contributed by atoms with Crippen molar-refractivity contribution in [3.63, 3.8) is 0 Å². The predicted octanol–water partition coefficient (Wildman–Crippen LogP) is 3.77. The smallest absolute Gasteiger partial charge is 0.220 e. The SMILES string of the molecule is CC(C)(C)CC(=O)NCCOc1ccc2ccccc2c1. The van der Waals surface area contributed by atoms with Crippen LogP contribution in [0.2, 0.25) is 0 Å². The lowest BCUT2D eigenvalue weighted by molar-refractivity contribution is -0.122. The minimum Gasteiger partial charge on any atom is -0.492 e. The lowest BCUT2D eigenvalue weighted by Crippen LogP contribution is -2.30. The van der Waals surface area contributed by atoms with Gasteiger partial charge < -0.3 is 10.1 Å². The minimum absolute atomic E-state index is 0.0171. The van der Waals surface area contributed by atoms with Gasteiger partial charge in [-0.25, -0.2) is 0 Å². The van der Waals surface area contributed by atoms with Gasteiger partial charge in [-0.1, -0.05) is 51.1 Å². The van der Waals surface area contributed by atoms with Gasteiger partial charge in [0.25, 0.3) is 0 Å². The van der Waals surface area contributed by atoms with Crippen LogP contribution in [-0.4, -0.2) is 19.1 Å². The van der Waals surface area contributed by atoms with Crippen LogP contribution in [0.5, 0.6) is 5.75 Å². The van der Waals surface area contributed by atoms with Crippen molar-refractivity contribution in [1.82, 2.24) is 5.32 Å². The fourth-order valence-corrected chi connectivity index (χ4v) is 2.16. The maximum atomic E-state index is 11.7. The van der Waals surface area contributed by atoms with Crippen molar-refractivity contribution >= 4 is 16.7 Å². The quantitative estimate of drug-likeness (QED) is 0.849. The molecule has 1 N–H and O–H groups in total. The van der Waals surface area contributed by atoms with E-state index in [0.717, 1.165) is 11.1 Å². The van der Waals surface area contributed by atoms with E-state index in [1.807, 2.05) is 30.3 Å². The second-order valence-electron chi connectivity index (χ2n) is 6.44. The zero-order valence-corrected chi connectivity index (χ0v) is 13.0. The summed E-state index contributed by atoms with van der Waals surface area (Å²) < 4.78 is 5.68. The van der Waals surface area contributed by atoms with Crippen LogP contribution >= 0.6 is 0 Å². The molecule has 0 atom stereocenters. The lowest BCUT2D eigenvalue weighted by Gasteiger charge is -2.17. The van der Waals surface area contributed by atoms with Crippen molar-refractivity contribution < 1.29 is 9.53 Å². The molecule has 2 rings (SSSR count). The summed E-state index contributed by atoms with van der Waals surface area (Å²) in [5, 5.41) is 5.24. The Kier molecular flexibility index (Phi) is 4.84. The van der Waals surface area contributed by atoms with E-state index in [2.05, 4.69) is 38.2 Å². The molecule has 0 radical (unpaired) electrons. The van der Waals surface area contributed by atoms with Gasteiger partial charge in [0.15, 0.2) is 0 Å². The monoisotopic (exact) mass is 285 g/mol. The second-order valence-corrected chi connectivity index (χ2v) is 6.44. The van der Waals surface area contributed by atoms with Gasteiger partial charge in [-0.15, -0.1) is 0 Å². The summed E-state index contributed by atoms with van der Waals surface area (Å²) in [6, 6.07) is 14.2. The van der Waals surface area contributed by atoms with Gasteiger partial charge in [0.05, 0.1) is 6.54 Å². The topological polar surface area (TPSA) is 38.3 Å². The van der Waals surface area contributed by atoms with E-state index >= 15 is 0 Å². The molecule has 21 heavy (non-hydrogen) atoms. The number of carbonyl (C=O) groups excluding carboxylic acids is 1. The molecule has 0 aliphatic heterocycles. The van der Waals surface area contributed by atoms with E-state index in [9.17, 15) is 4.79 Å². The molecule has 2 aromatic carbocycles. The molecule has 0 aromatic heterocycles. The largest absolute Gasteiger partial charge is 0.492 e. The molecule has 0 aliphatic carbocycles. The molecule has 112 valence electrons. The summed E-state index contributed by atoms with van der Waals surface area (Å²) in [6.45, 7) is 7.17. The molecule has 3 nitrogen and oxygen atoms in total. The van der Waals surface area contributed by atoms with Gasteiger partial charge in [0, 0.05) is 6.42 Å². The first kappa shape index (κ1) is 15.4. The normalized spacial score (nSPS) is 11.4. The zero-order valence-electron chi connectivity index (χ0n) is 13.0. The first-order chi connectivity index (χ1) is 9.94. The average molecular weight is 285 g/mol. The predicted molar refractivity (Wildman–Crippen MR) is 86.5 cm³/mol. The van der Waals surface area contributed by atoms with Gasteiger partial charge >= 0.3 is 0 Å². The summed E-state index contributed by atoms with van der Waals surface area (Å²) >= 11 is 0. The number of nitrogens with one attached hydrogen (secondary N) is 1. The van der Waals surface area contributed by atoms with E-state index in [0.29, 0.717) is 19.6 Å². The Bertz CT molecular complexity index is 614. The van der Waals surface area contributed by atoms with Crippen LogP contribution in [0.1, 0.15) is 27.2 Å². The third-order valence-electron chi connectivity index (χ3n) is 3.10. The van der Waals surface area contributed by atoms with Gasteiger partial charge in [-0.3, -0.25) is 4.79 Å². The molecule has 0 bridgehead atoms. The lowest BCUT2D eigenvalue weighted by atomic mass is 9.92. The van der Waals surface area contributed by atoms with Crippen molar-refractivity contribution in [2.24, 2.45) is 5.41 Å². The third-order valence-corrected chi connectivity index (χ3v) is 3.10. The number of benzene rings is 2. The Morgan fingerprint density at radius 3 is 2.52 bits per heavy atom. The van der Waals surface area contributed by atoms with Crippen molar-refractivity contribution in [2.75, 3.05) is 13.2 Å². The molecule has 0 aliphatic rings. The highest BCUT2D eigenvalue weighted by atomic mass is 16.5. The molecular weight excluding hydrogens is 262 g/mol. The van der Waals surface area contributed by atoms with Crippen LogP contribution in [0.25, 0.3) is 10.8 Å². The summed E-state index contributed by atoms with van der Waals surface area (Å²) in [6.07, 6.45) is 0.531. The van der Waals surface area contributed by atoms with Crippen LogP contribution in [-0.2, 0) is 4.79 Å². The first-order valence-electron chi connectivity index (χ1n) is 7.32. The van der Waals surface area contributed by atoms with Gasteiger partial charge in [0.1, 0.15) is 12.4 Å². The van der Waals surface area contributed by atoms with Crippen molar-refractivity contribution in [3.8, 4) is 5.75 Å². The summed E-state index contributed by atoms with van der Waals surface area (Å²) in [5.74, 6) is 0.906. The standard InChI is InChI=1S/C18H23NO2/c1-18(2,3)13-17(20)19-10-11-21-16-9-8-14-6-4-5-7-15(14)12-16/h4-9,12H,10-11,13H2,1-3H3,(H,19,20). The number of amides is 1. The Balaban J connectivity index is 1.79. The summed E-state index contributed by atoms with van der Waals surface area (Å²) in [7, 11) is 0. The van der Waals surface area contributed by atoms with Crippen molar-refractivity contribution in [1.29, 1.82) is 0 Å². The number of fused-ring (bicyclic) bond motifs is 1. The Labute approximate surface area is 126 Å². The molecule has 0 saturated heterocycles. The van der Waals surface area contributed by atoms with Crippen LogP contribution in [0.15, 0.2) is 42.5 Å². The van der Waals surface area contributed by atoms with E-state index in [4.69, 9.17) is 4.74 Å². The Morgan fingerprint density at radius 2 is 1.81 bits per heavy atom. The highest BCUT2D eigenvalue weighted by Gasteiger charge is 2.15. The van der Waals surface area contributed by atoms with Crippen LogP contribution in [0, 0.1) is 5.41 Å². The number of hydrogen-bond donors (Lipinski definition) is 1. The van der Waals surface area contributed by atoms with Crippen LogP contribution in [0.3, 0.4) is 0 Å². The number of ether oxygens (including phenoxy) is 1. The maximum absolute atomic E-state index is 11.7. The second kappa shape index (κ2) is 6.61. The van der Waals surface area contributed by atoms with E-state index in [1.165, 1.54) is 5.39 Å². The fourth-order valence-electron chi connectivity index (χ4n) is 2.16. The van der Waals surface area contributed by atoms with Gasteiger partial charge in [-0.2, -0.15) is 0 Å².